The summed E-state index contributed by atoms with van der Waals surface area (Å²) in [5, 5.41) is 4.15. The molecule has 4 heterocycles. The molecule has 0 radical (unpaired) electrons. The topological polar surface area (TPSA) is 71.3 Å². The third-order valence-corrected chi connectivity index (χ3v) is 7.22. The standard InChI is InChI=1S/C13H17N5O2S2/c1-13-7-21-6-10(19)18(13)9(5-22-13)11(20)16-3-2-4-17-12(16)14-8-15-17/h8-9H,2-7H2,1H3/t9-,13+/m0/s1. The summed E-state index contributed by atoms with van der Waals surface area (Å²) in [6.07, 6.45) is 2.35. The van der Waals surface area contributed by atoms with Gasteiger partial charge in [-0.15, -0.1) is 23.5 Å². The minimum absolute atomic E-state index is 0.0228. The number of carbonyl (C=O) groups is 2. The van der Waals surface area contributed by atoms with Crippen molar-refractivity contribution in [1.82, 2.24) is 19.7 Å². The van der Waals surface area contributed by atoms with Crippen molar-refractivity contribution < 1.29 is 9.59 Å². The van der Waals surface area contributed by atoms with Crippen molar-refractivity contribution >= 4 is 41.3 Å². The summed E-state index contributed by atoms with van der Waals surface area (Å²) in [4.78, 5) is 32.9. The van der Waals surface area contributed by atoms with Gasteiger partial charge in [0.15, 0.2) is 0 Å². The van der Waals surface area contributed by atoms with Crippen molar-refractivity contribution in [2.75, 3.05) is 28.7 Å². The zero-order chi connectivity index (χ0) is 15.3. The van der Waals surface area contributed by atoms with Crippen LogP contribution in [0, 0.1) is 0 Å². The fourth-order valence-electron chi connectivity index (χ4n) is 3.35. The Bertz CT molecular complexity index is 636. The summed E-state index contributed by atoms with van der Waals surface area (Å²) in [6.45, 7) is 3.50. The lowest BCUT2D eigenvalue weighted by molar-refractivity contribution is -0.139. The zero-order valence-electron chi connectivity index (χ0n) is 12.3. The lowest BCUT2D eigenvalue weighted by atomic mass is 10.1. The van der Waals surface area contributed by atoms with Gasteiger partial charge in [0.05, 0.1) is 10.6 Å². The molecule has 2 amide bonds. The molecule has 0 aliphatic carbocycles. The number of rotatable bonds is 1. The molecule has 0 unspecified atom stereocenters. The van der Waals surface area contributed by atoms with E-state index >= 15 is 0 Å². The van der Waals surface area contributed by atoms with Crippen LogP contribution in [-0.2, 0) is 16.1 Å². The Hall–Kier alpha value is -1.22. The van der Waals surface area contributed by atoms with Crippen LogP contribution in [0.15, 0.2) is 6.33 Å². The summed E-state index contributed by atoms with van der Waals surface area (Å²) in [5.74, 6) is 2.66. The summed E-state index contributed by atoms with van der Waals surface area (Å²) >= 11 is 3.36. The van der Waals surface area contributed by atoms with Crippen molar-refractivity contribution in [2.45, 2.75) is 30.8 Å². The van der Waals surface area contributed by atoms with Crippen molar-refractivity contribution in [2.24, 2.45) is 0 Å². The van der Waals surface area contributed by atoms with Gasteiger partial charge in [0.2, 0.25) is 11.9 Å². The summed E-state index contributed by atoms with van der Waals surface area (Å²) < 4.78 is 1.76. The van der Waals surface area contributed by atoms with E-state index in [-0.39, 0.29) is 22.7 Å². The number of carbonyl (C=O) groups excluding carboxylic acids is 2. The highest BCUT2D eigenvalue weighted by atomic mass is 32.2. The van der Waals surface area contributed by atoms with Crippen LogP contribution in [0.3, 0.4) is 0 Å². The van der Waals surface area contributed by atoms with E-state index in [0.29, 0.717) is 24.0 Å². The second-order valence-corrected chi connectivity index (χ2v) is 8.37. The Morgan fingerprint density at radius 2 is 2.32 bits per heavy atom. The first-order valence-corrected chi connectivity index (χ1v) is 9.47. The van der Waals surface area contributed by atoms with Crippen molar-refractivity contribution in [3.05, 3.63) is 6.33 Å². The molecule has 0 bridgehead atoms. The number of aromatic nitrogens is 3. The van der Waals surface area contributed by atoms with Gasteiger partial charge < -0.3 is 4.90 Å². The van der Waals surface area contributed by atoms with Gasteiger partial charge in [0.25, 0.3) is 5.91 Å². The first kappa shape index (κ1) is 14.4. The molecule has 4 rings (SSSR count). The molecule has 1 aromatic heterocycles. The Balaban J connectivity index is 1.63. The monoisotopic (exact) mass is 339 g/mol. The van der Waals surface area contributed by atoms with Gasteiger partial charge in [-0.25, -0.2) is 4.68 Å². The van der Waals surface area contributed by atoms with Crippen LogP contribution in [0.1, 0.15) is 13.3 Å². The van der Waals surface area contributed by atoms with Gasteiger partial charge in [0, 0.05) is 24.6 Å². The third kappa shape index (κ3) is 2.05. The van der Waals surface area contributed by atoms with E-state index < -0.39 is 0 Å². The summed E-state index contributed by atoms with van der Waals surface area (Å²) in [7, 11) is 0. The number of nitrogens with zero attached hydrogens (tertiary/aromatic N) is 5. The molecule has 0 aromatic carbocycles. The average molecular weight is 339 g/mol. The largest absolute Gasteiger partial charge is 0.314 e. The minimum Gasteiger partial charge on any atom is -0.314 e. The molecule has 22 heavy (non-hydrogen) atoms. The van der Waals surface area contributed by atoms with Crippen LogP contribution in [0.5, 0.6) is 0 Å². The van der Waals surface area contributed by atoms with E-state index in [0.717, 1.165) is 18.7 Å². The molecular formula is C13H17N5O2S2. The van der Waals surface area contributed by atoms with Gasteiger partial charge in [-0.2, -0.15) is 10.1 Å². The van der Waals surface area contributed by atoms with E-state index in [4.69, 9.17) is 0 Å². The number of hydrogen-bond donors (Lipinski definition) is 0. The Morgan fingerprint density at radius 1 is 1.45 bits per heavy atom. The highest BCUT2D eigenvalue weighted by molar-refractivity contribution is 8.04. The number of thioether (sulfide) groups is 2. The predicted octanol–water partition coefficient (Wildman–Crippen LogP) is 0.422. The summed E-state index contributed by atoms with van der Waals surface area (Å²) in [5.41, 5.74) is 0. The number of anilines is 1. The molecule has 9 heteroatoms. The first-order chi connectivity index (χ1) is 10.6. The molecule has 0 spiro atoms. The number of fused-ring (bicyclic) bond motifs is 2. The fraction of sp³-hybridized carbons (Fsp3) is 0.692. The molecule has 3 aliphatic heterocycles. The molecule has 0 saturated carbocycles. The Morgan fingerprint density at radius 3 is 3.18 bits per heavy atom. The molecule has 7 nitrogen and oxygen atoms in total. The third-order valence-electron chi connectivity index (χ3n) is 4.38. The smallest absolute Gasteiger partial charge is 0.253 e. The second kappa shape index (κ2) is 5.16. The molecule has 3 aliphatic rings. The van der Waals surface area contributed by atoms with Crippen LogP contribution in [0.4, 0.5) is 5.95 Å². The molecule has 0 N–H and O–H groups in total. The van der Waals surface area contributed by atoms with E-state index in [9.17, 15) is 9.59 Å². The van der Waals surface area contributed by atoms with Gasteiger partial charge >= 0.3 is 0 Å². The van der Waals surface area contributed by atoms with E-state index in [1.807, 2.05) is 4.90 Å². The van der Waals surface area contributed by atoms with Crippen molar-refractivity contribution in [1.29, 1.82) is 0 Å². The highest BCUT2D eigenvalue weighted by Gasteiger charge is 2.52. The maximum atomic E-state index is 13.0. The normalized spacial score (nSPS) is 31.1. The quantitative estimate of drug-likeness (QED) is 0.739. The van der Waals surface area contributed by atoms with Crippen LogP contribution >= 0.6 is 23.5 Å². The maximum absolute atomic E-state index is 13.0. The molecular weight excluding hydrogens is 322 g/mol. The van der Waals surface area contributed by atoms with Gasteiger partial charge in [-0.3, -0.25) is 14.5 Å². The second-order valence-electron chi connectivity index (χ2n) is 5.88. The summed E-state index contributed by atoms with van der Waals surface area (Å²) in [6, 6.07) is -0.383. The van der Waals surface area contributed by atoms with E-state index in [2.05, 4.69) is 17.0 Å². The Labute approximate surface area is 136 Å². The van der Waals surface area contributed by atoms with Crippen LogP contribution in [-0.4, -0.2) is 66.2 Å². The molecule has 1 aromatic rings. The van der Waals surface area contributed by atoms with E-state index in [1.54, 1.807) is 33.1 Å². The minimum atomic E-state index is -0.383. The Kier molecular flexibility index (Phi) is 3.37. The highest BCUT2D eigenvalue weighted by Crippen LogP contribution is 2.45. The molecule has 118 valence electrons. The number of aryl methyl sites for hydroxylation is 1. The fourth-order valence-corrected chi connectivity index (χ4v) is 6.05. The predicted molar refractivity (Wildman–Crippen MR) is 85.8 cm³/mol. The van der Waals surface area contributed by atoms with Crippen molar-refractivity contribution in [3.63, 3.8) is 0 Å². The average Bonchev–Trinajstić information content (AvgIpc) is 3.10. The zero-order valence-corrected chi connectivity index (χ0v) is 13.9. The van der Waals surface area contributed by atoms with Gasteiger partial charge in [-0.05, 0) is 13.3 Å². The van der Waals surface area contributed by atoms with Crippen molar-refractivity contribution in [3.8, 4) is 0 Å². The molecule has 2 saturated heterocycles. The number of amides is 2. The van der Waals surface area contributed by atoms with Gasteiger partial charge in [0.1, 0.15) is 12.4 Å². The van der Waals surface area contributed by atoms with Crippen LogP contribution < -0.4 is 4.90 Å². The first-order valence-electron chi connectivity index (χ1n) is 7.33. The van der Waals surface area contributed by atoms with Crippen LogP contribution in [0.25, 0.3) is 0 Å². The SMILES string of the molecule is C[C@@]12CSCC(=O)N1[C@H](C(=O)N1CCCn3ncnc31)CS2. The lowest BCUT2D eigenvalue weighted by Gasteiger charge is -2.41. The number of hydrogen-bond acceptors (Lipinski definition) is 6. The lowest BCUT2D eigenvalue weighted by Crippen LogP contribution is -2.58. The molecule has 2 atom stereocenters. The maximum Gasteiger partial charge on any atom is 0.253 e. The molecule has 2 fully saturated rings. The van der Waals surface area contributed by atoms with Gasteiger partial charge in [-0.1, -0.05) is 0 Å². The van der Waals surface area contributed by atoms with E-state index in [1.165, 1.54) is 6.33 Å². The van der Waals surface area contributed by atoms with Crippen LogP contribution in [0.2, 0.25) is 0 Å².